The summed E-state index contributed by atoms with van der Waals surface area (Å²) >= 11 is 0. The predicted molar refractivity (Wildman–Crippen MR) is 283 cm³/mol. The van der Waals surface area contributed by atoms with E-state index in [0.29, 0.717) is 140 Å². The van der Waals surface area contributed by atoms with Gasteiger partial charge in [-0.1, -0.05) is 31.8 Å². The van der Waals surface area contributed by atoms with Crippen LogP contribution in [0.5, 0.6) is 11.5 Å². The summed E-state index contributed by atoms with van der Waals surface area (Å²) in [5.41, 5.74) is 4.28. The van der Waals surface area contributed by atoms with Gasteiger partial charge >= 0.3 is 0 Å². The van der Waals surface area contributed by atoms with E-state index >= 15 is 0 Å². The van der Waals surface area contributed by atoms with E-state index in [4.69, 9.17) is 25.0 Å². The molecule has 2 fully saturated rings. The van der Waals surface area contributed by atoms with Crippen molar-refractivity contribution < 1.29 is 41.5 Å². The number of aromatic nitrogens is 6. The van der Waals surface area contributed by atoms with Crippen molar-refractivity contribution in [3.05, 3.63) is 90.7 Å². The Kier molecular flexibility index (Phi) is 20.3. The highest BCUT2D eigenvalue weighted by Gasteiger charge is 2.31. The number of carbonyl (C=O) groups is 1. The Morgan fingerprint density at radius 3 is 1.39 bits per heavy atom. The highest BCUT2D eigenvalue weighted by atomic mass is 35.5. The maximum atomic E-state index is 13.4. The first-order chi connectivity index (χ1) is 34.9. The van der Waals surface area contributed by atoms with Crippen molar-refractivity contribution >= 4 is 56.0 Å². The number of hydrogen-bond donors (Lipinski definition) is 5. The van der Waals surface area contributed by atoms with Gasteiger partial charge in [-0.3, -0.25) is 14.4 Å². The molecule has 2 saturated heterocycles. The number of nitrogens with zero attached hydrogens (tertiary/aromatic N) is 9. The second-order valence-electron chi connectivity index (χ2n) is 17.6. The standard InChI is InChI=1S/C24H32N6O5S.C24H31N5O5S.ClH.H3NO/c1-5-7-20-19(15-25-32)16(3)22-24(31)26-23(27-30(20)22)18-14-17(8-9-21(18)35-6-2)36(33,34)29-12-10-28(4)11-13-29;1-5-7-20-19(15-30)16(3)22-24(31)25-23(26-29(20)22)18-14-17(8-9-21(18)34-6-2)35(32,33)28-12-10-27(4)11-13-28;;1-2/h8-9,14-15,32H,5-7,10-13H2,1-4H3,(H,26,27,31);8-9,14-15H,5-7,10-13H2,1-4H3,(H,25,26,31);1H;2H,1H2/b25-15+;;;. The molecule has 2 aromatic carbocycles. The van der Waals surface area contributed by atoms with E-state index in [-0.39, 0.29) is 39.4 Å². The number of halogens is 1. The Hall–Kier alpha value is -6.03. The van der Waals surface area contributed by atoms with Gasteiger partial charge < -0.3 is 39.7 Å². The quantitative estimate of drug-likeness (QED) is 0.0397. The zero-order valence-corrected chi connectivity index (χ0v) is 45.4. The fourth-order valence-electron chi connectivity index (χ4n) is 9.05. The monoisotopic (exact) mass is 1090 g/mol. The summed E-state index contributed by atoms with van der Waals surface area (Å²) in [6.07, 6.45) is 4.77. The lowest BCUT2D eigenvalue weighted by atomic mass is 10.1. The molecule has 74 heavy (non-hydrogen) atoms. The number of sulfonamides is 2. The minimum atomic E-state index is -3.75. The molecule has 8 rings (SSSR count). The van der Waals surface area contributed by atoms with Gasteiger partial charge in [0.25, 0.3) is 11.1 Å². The number of likely N-dealkylation sites (N-methyl/N-ethyl adjacent to an activating group) is 2. The lowest BCUT2D eigenvalue weighted by molar-refractivity contribution is 0.112. The Morgan fingerprint density at radius 1 is 0.662 bits per heavy atom. The third kappa shape index (κ3) is 11.9. The number of carbonyl (C=O) groups excluding carboxylic acids is 1. The molecule has 23 nitrogen and oxygen atoms in total. The fourth-order valence-corrected chi connectivity index (χ4v) is 11.9. The third-order valence-corrected chi connectivity index (χ3v) is 16.6. The molecule has 6 aromatic rings. The Morgan fingerprint density at radius 2 is 1.04 bits per heavy atom. The zero-order valence-electron chi connectivity index (χ0n) is 42.9. The van der Waals surface area contributed by atoms with Gasteiger partial charge in [0.05, 0.1) is 51.7 Å². The maximum Gasteiger partial charge on any atom is 0.275 e. The number of H-pyrrole nitrogens is 2. The van der Waals surface area contributed by atoms with Crippen LogP contribution in [0, 0.1) is 13.8 Å². The second-order valence-corrected chi connectivity index (χ2v) is 21.4. The van der Waals surface area contributed by atoms with Crippen molar-refractivity contribution in [2.45, 2.75) is 77.0 Å². The summed E-state index contributed by atoms with van der Waals surface area (Å²) < 4.78 is 71.1. The number of ether oxygens (including phenoxy) is 2. The SMILES string of the molecule is CCCc1c(/C=N/O)c(C)c2c(=O)[nH]c(-c3cc(S(=O)(=O)N4CCN(C)CC4)ccc3OCC)nn12.CCCc1c(C=O)c(C)c2c(=O)[nH]c(-c3cc(S(=O)(=O)N4CCN(C)CC4)ccc3OCC)nn12.Cl.NO. The van der Waals surface area contributed by atoms with E-state index < -0.39 is 25.6 Å². The zero-order chi connectivity index (χ0) is 53.4. The molecule has 0 bridgehead atoms. The van der Waals surface area contributed by atoms with Gasteiger partial charge in [0.1, 0.15) is 22.5 Å². The van der Waals surface area contributed by atoms with E-state index in [2.05, 4.69) is 35.9 Å². The highest BCUT2D eigenvalue weighted by molar-refractivity contribution is 7.89. The number of fused-ring (bicyclic) bond motifs is 2. The molecule has 6 heterocycles. The van der Waals surface area contributed by atoms with Crippen LogP contribution in [0.4, 0.5) is 0 Å². The smallest absolute Gasteiger partial charge is 0.275 e. The number of aromatic amines is 2. The second kappa shape index (κ2) is 25.5. The number of oxime groups is 1. The molecule has 4 aromatic heterocycles. The van der Waals surface area contributed by atoms with Crippen molar-refractivity contribution in [1.82, 2.24) is 47.6 Å². The highest BCUT2D eigenvalue weighted by Crippen LogP contribution is 2.34. The van der Waals surface area contributed by atoms with Crippen molar-refractivity contribution in [1.29, 1.82) is 0 Å². The number of hydrogen-bond acceptors (Lipinski definition) is 17. The van der Waals surface area contributed by atoms with Crippen LogP contribution in [0.2, 0.25) is 0 Å². The van der Waals surface area contributed by atoms with E-state index in [1.54, 1.807) is 30.5 Å². The van der Waals surface area contributed by atoms with Crippen molar-refractivity contribution in [3.63, 3.8) is 0 Å². The Labute approximate surface area is 436 Å². The molecule has 404 valence electrons. The van der Waals surface area contributed by atoms with Crippen molar-refractivity contribution in [3.8, 4) is 34.3 Å². The molecule has 2 aliphatic heterocycles. The van der Waals surface area contributed by atoms with Crippen LogP contribution >= 0.6 is 12.4 Å². The molecule has 0 amide bonds. The van der Waals surface area contributed by atoms with Crippen LogP contribution in [0.15, 0.2) is 60.9 Å². The van der Waals surface area contributed by atoms with Gasteiger partial charge in [-0.15, -0.1) is 22.6 Å². The first-order valence-corrected chi connectivity index (χ1v) is 26.9. The Bertz CT molecular complexity index is 3320. The van der Waals surface area contributed by atoms with Crippen LogP contribution in [-0.4, -0.2) is 167 Å². The fraction of sp³-hybridized carbons (Fsp3) is 0.458. The first-order valence-electron chi connectivity index (χ1n) is 24.0. The molecule has 26 heteroatoms. The van der Waals surface area contributed by atoms with Gasteiger partial charge in [0, 0.05) is 63.5 Å². The summed E-state index contributed by atoms with van der Waals surface area (Å²) in [7, 11) is -3.57. The van der Waals surface area contributed by atoms with Crippen LogP contribution in [0.25, 0.3) is 33.8 Å². The molecule has 0 aliphatic carbocycles. The van der Waals surface area contributed by atoms with Crippen molar-refractivity contribution in [2.75, 3.05) is 79.7 Å². The number of benzene rings is 2. The summed E-state index contributed by atoms with van der Waals surface area (Å²) in [5.74, 6) is 4.68. The minimum absolute atomic E-state index is 0. The van der Waals surface area contributed by atoms with Gasteiger partial charge in [-0.2, -0.15) is 8.61 Å². The molecule has 6 N–H and O–H groups in total. The van der Waals surface area contributed by atoms with Gasteiger partial charge in [-0.05, 0) is 102 Å². The van der Waals surface area contributed by atoms with Crippen molar-refractivity contribution in [2.24, 2.45) is 11.1 Å². The molecule has 0 unspecified atom stereocenters. The largest absolute Gasteiger partial charge is 0.493 e. The predicted octanol–water partition coefficient (Wildman–Crippen LogP) is 3.95. The molecule has 0 saturated carbocycles. The maximum absolute atomic E-state index is 13.4. The lowest BCUT2D eigenvalue weighted by Gasteiger charge is -2.31. The average molecular weight is 1090 g/mol. The van der Waals surface area contributed by atoms with E-state index in [0.717, 1.165) is 24.8 Å². The van der Waals surface area contributed by atoms with Gasteiger partial charge in [0.2, 0.25) is 20.0 Å². The third-order valence-electron chi connectivity index (χ3n) is 12.9. The number of aryl methyl sites for hydroxylation is 4. The number of nitrogens with two attached hydrogens (primary N) is 1. The van der Waals surface area contributed by atoms with Crippen LogP contribution in [0.1, 0.15) is 79.0 Å². The topological polar surface area (TPSA) is 296 Å². The summed E-state index contributed by atoms with van der Waals surface area (Å²) in [6.45, 7) is 16.1. The summed E-state index contributed by atoms with van der Waals surface area (Å²) in [5, 5.41) is 28.2. The van der Waals surface area contributed by atoms with Gasteiger partial charge in [-0.25, -0.2) is 31.8 Å². The average Bonchev–Trinajstić information content (AvgIpc) is 3.80. The normalized spacial score (nSPS) is 15.1. The number of rotatable bonds is 16. The van der Waals surface area contributed by atoms with Gasteiger partial charge in [0.15, 0.2) is 17.9 Å². The minimum Gasteiger partial charge on any atom is -0.493 e. The molecular weight excluding hydrogens is 1020 g/mol. The number of piperazine rings is 2. The van der Waals surface area contributed by atoms with Crippen LogP contribution in [0.3, 0.4) is 0 Å². The molecule has 0 atom stereocenters. The molecular formula is C48H67ClN12O11S2. The molecule has 2 aliphatic rings. The van der Waals surface area contributed by atoms with E-state index in [1.165, 1.54) is 43.6 Å². The molecule has 0 spiro atoms. The number of aldehydes is 1. The lowest BCUT2D eigenvalue weighted by Crippen LogP contribution is -2.47. The molecule has 0 radical (unpaired) electrons. The summed E-state index contributed by atoms with van der Waals surface area (Å²) in [4.78, 5) is 48.1. The summed E-state index contributed by atoms with van der Waals surface area (Å²) in [6, 6.07) is 9.25. The number of nitrogens with one attached hydrogen (secondary N) is 2. The van der Waals surface area contributed by atoms with Crippen LogP contribution < -0.4 is 26.5 Å². The van der Waals surface area contributed by atoms with E-state index in [9.17, 15) is 31.2 Å². The Balaban J connectivity index is 0.000000262. The first kappa shape index (κ1) is 58.9. The van der Waals surface area contributed by atoms with E-state index in [1.807, 2.05) is 41.8 Å². The van der Waals surface area contributed by atoms with Crippen LogP contribution in [-0.2, 0) is 32.9 Å².